The number of imide groups is 2. The minimum absolute atomic E-state index is 0.0256. The van der Waals surface area contributed by atoms with E-state index in [9.17, 15) is 24.3 Å². The van der Waals surface area contributed by atoms with E-state index in [1.165, 1.54) is 23.6 Å². The zero-order valence-electron chi connectivity index (χ0n) is 26.4. The molecule has 0 radical (unpaired) electrons. The number of carbonyl (C=O) groups is 4. The van der Waals surface area contributed by atoms with Crippen LogP contribution in [0.3, 0.4) is 0 Å². The summed E-state index contributed by atoms with van der Waals surface area (Å²) in [4.78, 5) is 57.3. The van der Waals surface area contributed by atoms with E-state index in [2.05, 4.69) is 33.0 Å². The first-order chi connectivity index (χ1) is 23.0. The van der Waals surface area contributed by atoms with Gasteiger partial charge in [-0.3, -0.25) is 33.9 Å². The minimum atomic E-state index is -1.86. The molecule has 9 nitrogen and oxygen atoms in total. The molecule has 2 aromatic carbocycles. The van der Waals surface area contributed by atoms with Crippen LogP contribution in [-0.2, 0) is 25.7 Å². The number of allylic oxidation sites excluding steroid dienone is 3. The Bertz CT molecular complexity index is 1730. The molecule has 2 aromatic rings. The zero-order chi connectivity index (χ0) is 34.0. The lowest BCUT2D eigenvalue weighted by Crippen LogP contribution is -2.60. The van der Waals surface area contributed by atoms with E-state index in [4.69, 9.17) is 27.9 Å². The third kappa shape index (κ3) is 5.05. The maximum atomic E-state index is 14.4. The highest BCUT2D eigenvalue weighted by molar-refractivity contribution is 9.09. The Morgan fingerprint density at radius 2 is 1.73 bits per heavy atom. The number of halogens is 3. The number of fused-ring (bicyclic) bond motifs is 4. The summed E-state index contributed by atoms with van der Waals surface area (Å²) in [5.74, 6) is -4.09. The highest BCUT2D eigenvalue weighted by atomic mass is 79.9. The van der Waals surface area contributed by atoms with Crippen molar-refractivity contribution in [3.63, 3.8) is 0 Å². The van der Waals surface area contributed by atoms with Gasteiger partial charge in [0.25, 0.3) is 11.8 Å². The van der Waals surface area contributed by atoms with Gasteiger partial charge in [-0.15, -0.1) is 23.2 Å². The lowest BCUT2D eigenvalue weighted by molar-refractivity contribution is -0.144. The van der Waals surface area contributed by atoms with Crippen LogP contribution in [0.1, 0.15) is 36.8 Å². The minimum Gasteiger partial charge on any atom is -0.504 e. The molecule has 7 rings (SSSR count). The summed E-state index contributed by atoms with van der Waals surface area (Å²) < 4.78 is 5.26. The topological polar surface area (TPSA) is 107 Å². The number of aromatic hydroxyl groups is 1. The van der Waals surface area contributed by atoms with E-state index < -0.39 is 45.2 Å². The molecule has 6 atom stereocenters. The van der Waals surface area contributed by atoms with Gasteiger partial charge in [0.15, 0.2) is 21.2 Å². The van der Waals surface area contributed by atoms with Crippen LogP contribution in [0.2, 0.25) is 0 Å². The number of ether oxygens (including phenoxy) is 1. The molecular formula is C36H36BrCl2N3O6. The number of piperidine rings is 1. The van der Waals surface area contributed by atoms with E-state index >= 15 is 0 Å². The molecule has 3 heterocycles. The van der Waals surface area contributed by atoms with Gasteiger partial charge in [0.1, 0.15) is 0 Å². The van der Waals surface area contributed by atoms with Gasteiger partial charge in [0, 0.05) is 31.6 Å². The number of hydrogen-bond donors (Lipinski definition) is 1. The molecule has 5 aliphatic rings. The second kappa shape index (κ2) is 12.6. The lowest BCUT2D eigenvalue weighted by Gasteiger charge is -2.49. The van der Waals surface area contributed by atoms with Gasteiger partial charge < -0.3 is 9.84 Å². The Hall–Kier alpha value is -3.18. The molecule has 12 heteroatoms. The first-order valence-corrected chi connectivity index (χ1v) is 18.1. The van der Waals surface area contributed by atoms with Crippen LogP contribution >= 0.6 is 39.1 Å². The van der Waals surface area contributed by atoms with Crippen LogP contribution in [0.5, 0.6) is 11.5 Å². The summed E-state index contributed by atoms with van der Waals surface area (Å²) in [5.41, 5.74) is 2.54. The molecule has 6 unspecified atom stereocenters. The molecule has 0 bridgehead atoms. The van der Waals surface area contributed by atoms with Crippen molar-refractivity contribution in [1.82, 2.24) is 14.7 Å². The molecule has 0 spiro atoms. The normalized spacial score (nSPS) is 32.5. The molecule has 252 valence electrons. The quantitative estimate of drug-likeness (QED) is 0.177. The molecule has 1 N–H and O–H groups in total. The summed E-state index contributed by atoms with van der Waals surface area (Å²) in [5, 5.41) is 10.1. The van der Waals surface area contributed by atoms with E-state index in [1.807, 2.05) is 24.3 Å². The molecule has 0 aromatic heterocycles. The number of likely N-dealkylation sites (tertiary alicyclic amines) is 3. The molecule has 3 saturated heterocycles. The predicted molar refractivity (Wildman–Crippen MR) is 184 cm³/mol. The van der Waals surface area contributed by atoms with Crippen LogP contribution in [0.15, 0.2) is 66.3 Å². The Balaban J connectivity index is 1.19. The van der Waals surface area contributed by atoms with Crippen molar-refractivity contribution in [2.75, 3.05) is 25.7 Å². The molecule has 4 fully saturated rings. The van der Waals surface area contributed by atoms with Crippen LogP contribution in [0, 0.1) is 23.7 Å². The monoisotopic (exact) mass is 755 g/mol. The summed E-state index contributed by atoms with van der Waals surface area (Å²) in [6.07, 6.45) is 7.09. The number of phenolic OH excluding ortho intramolecular Hbond substituents is 1. The van der Waals surface area contributed by atoms with Crippen LogP contribution in [0.4, 0.5) is 0 Å². The highest BCUT2D eigenvalue weighted by Crippen LogP contribution is 2.63. The fraction of sp³-hybridized carbons (Fsp3) is 0.444. The van der Waals surface area contributed by atoms with E-state index in [0.717, 1.165) is 30.1 Å². The number of rotatable bonds is 7. The third-order valence-electron chi connectivity index (χ3n) is 11.0. The van der Waals surface area contributed by atoms with Crippen molar-refractivity contribution in [3.8, 4) is 11.5 Å². The number of methoxy groups -OCH3 is 1. The van der Waals surface area contributed by atoms with Crippen molar-refractivity contribution in [3.05, 3.63) is 77.4 Å². The largest absolute Gasteiger partial charge is 0.504 e. The van der Waals surface area contributed by atoms with E-state index in [1.54, 1.807) is 24.3 Å². The van der Waals surface area contributed by atoms with Crippen molar-refractivity contribution >= 4 is 68.8 Å². The van der Waals surface area contributed by atoms with Crippen LogP contribution < -0.4 is 4.74 Å². The number of amides is 4. The van der Waals surface area contributed by atoms with Crippen LogP contribution in [0.25, 0.3) is 6.08 Å². The third-order valence-corrected chi connectivity index (χ3v) is 12.9. The van der Waals surface area contributed by atoms with Gasteiger partial charge in [-0.2, -0.15) is 0 Å². The number of nitrogens with zero attached hydrogens (tertiary/aromatic N) is 3. The van der Waals surface area contributed by atoms with Crippen molar-refractivity contribution in [2.45, 2.75) is 48.0 Å². The van der Waals surface area contributed by atoms with Crippen molar-refractivity contribution in [2.24, 2.45) is 23.7 Å². The second-order valence-corrected chi connectivity index (χ2v) is 15.1. The molecule has 48 heavy (non-hydrogen) atoms. The maximum absolute atomic E-state index is 14.4. The number of hydrogen-bond acceptors (Lipinski definition) is 7. The van der Waals surface area contributed by atoms with Gasteiger partial charge in [-0.05, 0) is 54.9 Å². The molecular weight excluding hydrogens is 721 g/mol. The number of alkyl halides is 3. The van der Waals surface area contributed by atoms with Crippen molar-refractivity contribution < 1.29 is 29.0 Å². The first kappa shape index (κ1) is 33.3. The summed E-state index contributed by atoms with van der Waals surface area (Å²) in [6.45, 7) is 2.36. The Morgan fingerprint density at radius 1 is 1.00 bits per heavy atom. The van der Waals surface area contributed by atoms with Gasteiger partial charge >= 0.3 is 0 Å². The Morgan fingerprint density at radius 3 is 2.42 bits per heavy atom. The van der Waals surface area contributed by atoms with Gasteiger partial charge in [0.2, 0.25) is 11.8 Å². The molecule has 4 amide bonds. The van der Waals surface area contributed by atoms with E-state index in [-0.39, 0.29) is 41.2 Å². The number of carbonyl (C=O) groups excluding carboxylic acids is 4. The molecule has 1 saturated carbocycles. The molecule has 3 aliphatic heterocycles. The SMILES string of the molecule is COc1cc(C=CC2C3=CCC4C(=O)N(C5CCN(Cc6ccccc6)CC5)C(=O)C4C3CC3(Cl)C(=O)N(CBr)C(=O)C23Cl)ccc1O. The Kier molecular flexibility index (Phi) is 8.75. The number of benzene rings is 2. The summed E-state index contributed by atoms with van der Waals surface area (Å²) in [7, 11) is 1.45. The lowest BCUT2D eigenvalue weighted by atomic mass is 9.57. The smallest absolute Gasteiger partial charge is 0.254 e. The second-order valence-electron chi connectivity index (χ2n) is 13.4. The first-order valence-electron chi connectivity index (χ1n) is 16.2. The highest BCUT2D eigenvalue weighted by Gasteiger charge is 2.75. The van der Waals surface area contributed by atoms with Crippen molar-refractivity contribution in [1.29, 1.82) is 0 Å². The van der Waals surface area contributed by atoms with Gasteiger partial charge in [0.05, 0.1) is 24.4 Å². The summed E-state index contributed by atoms with van der Waals surface area (Å²) >= 11 is 17.8. The fourth-order valence-electron chi connectivity index (χ4n) is 8.57. The zero-order valence-corrected chi connectivity index (χ0v) is 29.5. The van der Waals surface area contributed by atoms with Crippen LogP contribution in [-0.4, -0.2) is 84.9 Å². The Labute approximate surface area is 297 Å². The maximum Gasteiger partial charge on any atom is 0.254 e. The van der Waals surface area contributed by atoms with Gasteiger partial charge in [-0.1, -0.05) is 76.1 Å². The standard InChI is InChI=1S/C36H36BrCl2N3O6/c1-48-29-17-21(8-12-28(29)43)7-11-27-24-9-10-25-30(26(24)18-35(38)33(46)41(20-37)34(47)36(27,35)39)32(45)42(31(25)44)23-13-15-40(16-14-23)19-22-5-3-2-4-6-22/h2-9,11-12,17,23,25-27,30,43H,10,13-16,18-20H2,1H3. The average Bonchev–Trinajstić information content (AvgIpc) is 3.43. The predicted octanol–water partition coefficient (Wildman–Crippen LogP) is 5.32. The number of phenols is 1. The average molecular weight is 758 g/mol. The van der Waals surface area contributed by atoms with E-state index in [0.29, 0.717) is 24.8 Å². The van der Waals surface area contributed by atoms with Gasteiger partial charge in [-0.25, -0.2) is 0 Å². The summed E-state index contributed by atoms with van der Waals surface area (Å²) in [6, 6.07) is 14.9. The molecule has 2 aliphatic carbocycles. The fourth-order valence-corrected chi connectivity index (χ4v) is 9.95.